The summed E-state index contributed by atoms with van der Waals surface area (Å²) < 4.78 is 5.64. The second-order valence-corrected chi connectivity index (χ2v) is 3.54. The van der Waals surface area contributed by atoms with Gasteiger partial charge in [-0.3, -0.25) is 4.90 Å². The molecule has 0 atom stereocenters. The van der Waals surface area contributed by atoms with Gasteiger partial charge in [-0.05, 0) is 13.1 Å². The zero-order chi connectivity index (χ0) is 9.97. The molecule has 1 N–H and O–H groups in total. The van der Waals surface area contributed by atoms with Gasteiger partial charge in [0.25, 0.3) is 0 Å². The average molecular weight is 195 g/mol. The van der Waals surface area contributed by atoms with Crippen LogP contribution in [0.5, 0.6) is 0 Å². The molecule has 0 bridgehead atoms. The molecule has 0 spiro atoms. The van der Waals surface area contributed by atoms with E-state index in [0.717, 1.165) is 50.1 Å². The molecule has 0 saturated heterocycles. The Labute approximate surface area is 84.3 Å². The van der Waals surface area contributed by atoms with E-state index >= 15 is 0 Å². The Morgan fingerprint density at radius 3 is 2.79 bits per heavy atom. The number of nitrogens with one attached hydrogen (secondary N) is 1. The molecule has 1 aromatic rings. The van der Waals surface area contributed by atoms with Gasteiger partial charge in [-0.25, -0.2) is 4.98 Å². The number of rotatable bonds is 4. The summed E-state index contributed by atoms with van der Waals surface area (Å²) in [5, 5.41) is 3.21. The Hall–Kier alpha value is -0.870. The van der Waals surface area contributed by atoms with Crippen molar-refractivity contribution in [3.05, 3.63) is 17.3 Å². The molecular formula is C10H17N3O. The Bertz CT molecular complexity index is 283. The quantitative estimate of drug-likeness (QED) is 0.781. The topological polar surface area (TPSA) is 41.3 Å². The van der Waals surface area contributed by atoms with Crippen LogP contribution >= 0.6 is 0 Å². The molecule has 2 rings (SSSR count). The maximum Gasteiger partial charge on any atom is 0.208 e. The second kappa shape index (κ2) is 4.11. The minimum atomic E-state index is 0.833. The van der Waals surface area contributed by atoms with E-state index in [1.54, 1.807) is 0 Å². The summed E-state index contributed by atoms with van der Waals surface area (Å²) >= 11 is 0. The minimum absolute atomic E-state index is 0.833. The predicted molar refractivity (Wildman–Crippen MR) is 53.7 cm³/mol. The van der Waals surface area contributed by atoms with Crippen LogP contribution in [0.1, 0.15) is 31.2 Å². The van der Waals surface area contributed by atoms with E-state index in [1.165, 1.54) is 0 Å². The predicted octanol–water partition coefficient (Wildman–Crippen LogP) is 1.12. The first-order chi connectivity index (χ1) is 6.83. The number of oxazole rings is 1. The molecule has 0 aliphatic carbocycles. The lowest BCUT2D eigenvalue weighted by Crippen LogP contribution is -2.22. The third-order valence-corrected chi connectivity index (χ3v) is 2.65. The van der Waals surface area contributed by atoms with Gasteiger partial charge in [0.1, 0.15) is 5.76 Å². The van der Waals surface area contributed by atoms with Crippen molar-refractivity contribution in [2.24, 2.45) is 0 Å². The highest BCUT2D eigenvalue weighted by Crippen LogP contribution is 2.16. The van der Waals surface area contributed by atoms with Gasteiger partial charge < -0.3 is 9.73 Å². The summed E-state index contributed by atoms with van der Waals surface area (Å²) in [4.78, 5) is 6.76. The highest BCUT2D eigenvalue weighted by Gasteiger charge is 2.18. The molecule has 14 heavy (non-hydrogen) atoms. The zero-order valence-electron chi connectivity index (χ0n) is 8.84. The van der Waals surface area contributed by atoms with Crippen LogP contribution in [0.3, 0.4) is 0 Å². The molecule has 78 valence electrons. The molecule has 0 aromatic carbocycles. The van der Waals surface area contributed by atoms with Crippen LogP contribution in [0.15, 0.2) is 4.42 Å². The van der Waals surface area contributed by atoms with Gasteiger partial charge in [0, 0.05) is 6.54 Å². The third kappa shape index (κ3) is 1.81. The van der Waals surface area contributed by atoms with Crippen molar-refractivity contribution < 1.29 is 4.42 Å². The standard InChI is InChI=1S/C10H17N3O/c1-3-13(4-2)7-10-12-8-5-11-6-9(8)14-10/h11H,3-7H2,1-2H3. The molecule has 4 heteroatoms. The number of aromatic nitrogens is 1. The van der Waals surface area contributed by atoms with Crippen molar-refractivity contribution in [1.29, 1.82) is 0 Å². The first-order valence-electron chi connectivity index (χ1n) is 5.24. The largest absolute Gasteiger partial charge is 0.443 e. The van der Waals surface area contributed by atoms with Crippen molar-refractivity contribution in [1.82, 2.24) is 15.2 Å². The molecule has 0 radical (unpaired) electrons. The van der Waals surface area contributed by atoms with Crippen molar-refractivity contribution in [3.8, 4) is 0 Å². The minimum Gasteiger partial charge on any atom is -0.443 e. The zero-order valence-corrected chi connectivity index (χ0v) is 8.84. The van der Waals surface area contributed by atoms with E-state index in [0.29, 0.717) is 0 Å². The van der Waals surface area contributed by atoms with E-state index in [1.807, 2.05) is 0 Å². The monoisotopic (exact) mass is 195 g/mol. The third-order valence-electron chi connectivity index (χ3n) is 2.65. The van der Waals surface area contributed by atoms with Crippen LogP contribution in [0.4, 0.5) is 0 Å². The Kier molecular flexibility index (Phi) is 2.84. The molecule has 4 nitrogen and oxygen atoms in total. The van der Waals surface area contributed by atoms with Crippen LogP contribution in [-0.2, 0) is 19.6 Å². The maximum atomic E-state index is 5.64. The van der Waals surface area contributed by atoms with Crippen molar-refractivity contribution >= 4 is 0 Å². The summed E-state index contributed by atoms with van der Waals surface area (Å²) in [7, 11) is 0. The lowest BCUT2D eigenvalue weighted by atomic mass is 10.4. The lowest BCUT2D eigenvalue weighted by Gasteiger charge is -2.15. The second-order valence-electron chi connectivity index (χ2n) is 3.54. The fourth-order valence-electron chi connectivity index (χ4n) is 1.71. The number of fused-ring (bicyclic) bond motifs is 1. The molecule has 0 unspecified atom stereocenters. The van der Waals surface area contributed by atoms with Gasteiger partial charge in [0.05, 0.1) is 18.8 Å². The molecule has 0 fully saturated rings. The summed E-state index contributed by atoms with van der Waals surface area (Å²) in [6, 6.07) is 0. The number of nitrogens with zero attached hydrogens (tertiary/aromatic N) is 2. The Morgan fingerprint density at radius 1 is 1.36 bits per heavy atom. The van der Waals surface area contributed by atoms with Crippen LogP contribution in [0.2, 0.25) is 0 Å². The van der Waals surface area contributed by atoms with Gasteiger partial charge in [-0.1, -0.05) is 13.8 Å². The molecule has 0 saturated carbocycles. The van der Waals surface area contributed by atoms with Gasteiger partial charge in [-0.15, -0.1) is 0 Å². The van der Waals surface area contributed by atoms with Crippen molar-refractivity contribution in [2.75, 3.05) is 13.1 Å². The number of hydrogen-bond donors (Lipinski definition) is 1. The van der Waals surface area contributed by atoms with E-state index in [4.69, 9.17) is 4.42 Å². The first-order valence-corrected chi connectivity index (χ1v) is 5.24. The maximum absolute atomic E-state index is 5.64. The molecule has 2 heterocycles. The van der Waals surface area contributed by atoms with Crippen LogP contribution in [-0.4, -0.2) is 23.0 Å². The molecule has 0 amide bonds. The van der Waals surface area contributed by atoms with Crippen LogP contribution < -0.4 is 5.32 Å². The molecule has 1 aliphatic heterocycles. The van der Waals surface area contributed by atoms with Gasteiger partial charge in [0.2, 0.25) is 5.89 Å². The van der Waals surface area contributed by atoms with Gasteiger partial charge in [0.15, 0.2) is 0 Å². The fraction of sp³-hybridized carbons (Fsp3) is 0.700. The number of hydrogen-bond acceptors (Lipinski definition) is 4. The van der Waals surface area contributed by atoms with E-state index in [-0.39, 0.29) is 0 Å². The van der Waals surface area contributed by atoms with E-state index < -0.39 is 0 Å². The normalized spacial score (nSPS) is 15.1. The summed E-state index contributed by atoms with van der Waals surface area (Å²) in [6.45, 7) is 8.92. The summed E-state index contributed by atoms with van der Waals surface area (Å²) in [5.74, 6) is 1.88. The van der Waals surface area contributed by atoms with Crippen molar-refractivity contribution in [3.63, 3.8) is 0 Å². The highest BCUT2D eigenvalue weighted by atomic mass is 16.4. The Balaban J connectivity index is 2.03. The smallest absolute Gasteiger partial charge is 0.208 e. The van der Waals surface area contributed by atoms with Crippen LogP contribution in [0, 0.1) is 0 Å². The average Bonchev–Trinajstić information content (AvgIpc) is 2.73. The molecule has 1 aliphatic rings. The van der Waals surface area contributed by atoms with Gasteiger partial charge in [-0.2, -0.15) is 0 Å². The highest BCUT2D eigenvalue weighted by molar-refractivity contribution is 5.14. The molecular weight excluding hydrogens is 178 g/mol. The lowest BCUT2D eigenvalue weighted by molar-refractivity contribution is 0.259. The van der Waals surface area contributed by atoms with Gasteiger partial charge >= 0.3 is 0 Å². The van der Waals surface area contributed by atoms with Crippen LogP contribution in [0.25, 0.3) is 0 Å². The van der Waals surface area contributed by atoms with Crippen molar-refractivity contribution in [2.45, 2.75) is 33.5 Å². The Morgan fingerprint density at radius 2 is 2.14 bits per heavy atom. The van der Waals surface area contributed by atoms with E-state index in [9.17, 15) is 0 Å². The summed E-state index contributed by atoms with van der Waals surface area (Å²) in [5.41, 5.74) is 1.09. The molecule has 1 aromatic heterocycles. The fourth-order valence-corrected chi connectivity index (χ4v) is 1.71. The summed E-state index contributed by atoms with van der Waals surface area (Å²) in [6.07, 6.45) is 0. The SMILES string of the molecule is CCN(CC)Cc1nc2c(o1)CNC2. The van der Waals surface area contributed by atoms with E-state index in [2.05, 4.69) is 29.0 Å². The first kappa shape index (κ1) is 9.68.